The lowest BCUT2D eigenvalue weighted by molar-refractivity contribution is 0.316. The van der Waals surface area contributed by atoms with Crippen molar-refractivity contribution in [2.75, 3.05) is 6.54 Å². The van der Waals surface area contributed by atoms with Crippen LogP contribution in [-0.4, -0.2) is 17.6 Å². The molecule has 1 atom stereocenters. The number of nitrogens with zero attached hydrogens (tertiary/aromatic N) is 1. The van der Waals surface area contributed by atoms with Crippen molar-refractivity contribution in [1.82, 2.24) is 5.32 Å². The topological polar surface area (TPSA) is 70.6 Å². The van der Waals surface area contributed by atoms with Gasteiger partial charge in [-0.3, -0.25) is 0 Å². The third kappa shape index (κ3) is 4.94. The molecular weight excluding hydrogens is 250 g/mol. The number of benzene rings is 1. The van der Waals surface area contributed by atoms with Gasteiger partial charge in [-0.25, -0.2) is 0 Å². The Hall–Kier alpha value is -1.26. The molecule has 0 unspecified atom stereocenters. The lowest BCUT2D eigenvalue weighted by atomic mass is 10.1. The summed E-state index contributed by atoms with van der Waals surface area (Å²) in [5.74, 6) is 0.286. The van der Waals surface area contributed by atoms with Crippen LogP contribution < -0.4 is 11.1 Å². The fourth-order valence-corrected chi connectivity index (χ4v) is 2.04. The van der Waals surface area contributed by atoms with E-state index in [2.05, 4.69) is 17.4 Å². The van der Waals surface area contributed by atoms with Crippen LogP contribution in [0.4, 0.5) is 0 Å². The summed E-state index contributed by atoms with van der Waals surface area (Å²) < 4.78 is 0. The Bertz CT molecular complexity index is 396. The summed E-state index contributed by atoms with van der Waals surface area (Å²) in [5, 5.41) is 15.5. The molecule has 0 aromatic heterocycles. The summed E-state index contributed by atoms with van der Waals surface area (Å²) in [6, 6.07) is 8.06. The number of rotatable bonds is 7. The Balaban J connectivity index is 2.26. The summed E-state index contributed by atoms with van der Waals surface area (Å²) >= 11 is 6.12. The Morgan fingerprint density at radius 3 is 2.83 bits per heavy atom. The highest BCUT2D eigenvalue weighted by atomic mass is 35.5. The zero-order valence-electron chi connectivity index (χ0n) is 10.6. The molecule has 0 amide bonds. The molecule has 1 aromatic rings. The fraction of sp³-hybridized carbons (Fsp3) is 0.462. The molecule has 18 heavy (non-hydrogen) atoms. The van der Waals surface area contributed by atoms with E-state index in [9.17, 15) is 0 Å². The molecule has 0 heterocycles. The Kier molecular flexibility index (Phi) is 6.54. The first-order valence-corrected chi connectivity index (χ1v) is 6.47. The molecule has 0 aliphatic heterocycles. The van der Waals surface area contributed by atoms with Crippen LogP contribution in [0.5, 0.6) is 0 Å². The molecule has 0 aliphatic rings. The van der Waals surface area contributed by atoms with Crippen LogP contribution >= 0.6 is 11.6 Å². The first-order chi connectivity index (χ1) is 8.65. The van der Waals surface area contributed by atoms with E-state index < -0.39 is 0 Å². The average molecular weight is 270 g/mol. The molecule has 0 fully saturated rings. The molecule has 4 N–H and O–H groups in total. The van der Waals surface area contributed by atoms with E-state index in [1.165, 1.54) is 0 Å². The minimum atomic E-state index is 0.225. The van der Waals surface area contributed by atoms with Crippen LogP contribution in [-0.2, 0) is 0 Å². The zero-order chi connectivity index (χ0) is 13.4. The first-order valence-electron chi connectivity index (χ1n) is 6.09. The summed E-state index contributed by atoms with van der Waals surface area (Å²) in [4.78, 5) is 0. The number of unbranched alkanes of at least 4 members (excludes halogenated alkanes) is 1. The standard InChI is InChI=1S/C13H20ClN3O/c1-10(11-6-2-3-7-12(11)14)16-9-5-4-8-13(15)17-18/h2-3,6-7,10,16,18H,4-5,8-9H2,1H3,(H2,15,17)/t10-/m0/s1. The summed E-state index contributed by atoms with van der Waals surface area (Å²) in [6.45, 7) is 2.97. The monoisotopic (exact) mass is 269 g/mol. The van der Waals surface area contributed by atoms with Gasteiger partial charge in [-0.1, -0.05) is 35.0 Å². The molecular formula is C13H20ClN3O. The number of nitrogens with one attached hydrogen (secondary N) is 1. The maximum absolute atomic E-state index is 8.39. The van der Waals surface area contributed by atoms with Gasteiger partial charge in [0, 0.05) is 17.5 Å². The van der Waals surface area contributed by atoms with Crippen LogP contribution in [0.1, 0.15) is 37.8 Å². The molecule has 0 radical (unpaired) electrons. The fourth-order valence-electron chi connectivity index (χ4n) is 1.74. The highest BCUT2D eigenvalue weighted by molar-refractivity contribution is 6.31. The van der Waals surface area contributed by atoms with Crippen molar-refractivity contribution in [2.24, 2.45) is 10.9 Å². The molecule has 0 saturated carbocycles. The number of nitrogens with two attached hydrogens (primary N) is 1. The largest absolute Gasteiger partial charge is 0.409 e. The second kappa shape index (κ2) is 7.95. The normalized spacial score (nSPS) is 13.6. The van der Waals surface area contributed by atoms with Crippen LogP contribution in [0.3, 0.4) is 0 Å². The molecule has 4 nitrogen and oxygen atoms in total. The molecule has 0 spiro atoms. The van der Waals surface area contributed by atoms with Crippen molar-refractivity contribution in [1.29, 1.82) is 0 Å². The Morgan fingerprint density at radius 2 is 2.17 bits per heavy atom. The molecule has 0 saturated heterocycles. The van der Waals surface area contributed by atoms with Crippen molar-refractivity contribution < 1.29 is 5.21 Å². The van der Waals surface area contributed by atoms with Crippen molar-refractivity contribution in [3.63, 3.8) is 0 Å². The third-order valence-electron chi connectivity index (χ3n) is 2.81. The minimum absolute atomic E-state index is 0.225. The lowest BCUT2D eigenvalue weighted by Crippen LogP contribution is -2.20. The van der Waals surface area contributed by atoms with Crippen LogP contribution in [0.2, 0.25) is 5.02 Å². The van der Waals surface area contributed by atoms with Gasteiger partial charge in [0.05, 0.1) is 0 Å². The van der Waals surface area contributed by atoms with Gasteiger partial charge in [-0.05, 0) is 37.9 Å². The van der Waals surface area contributed by atoms with Gasteiger partial charge in [0.1, 0.15) is 5.84 Å². The third-order valence-corrected chi connectivity index (χ3v) is 3.15. The van der Waals surface area contributed by atoms with Crippen LogP contribution in [0.25, 0.3) is 0 Å². The van der Waals surface area contributed by atoms with Gasteiger partial charge in [-0.15, -0.1) is 0 Å². The van der Waals surface area contributed by atoms with Crippen molar-refractivity contribution in [3.05, 3.63) is 34.9 Å². The van der Waals surface area contributed by atoms with E-state index in [-0.39, 0.29) is 11.9 Å². The molecule has 1 aromatic carbocycles. The molecule has 100 valence electrons. The maximum Gasteiger partial charge on any atom is 0.139 e. The number of halogens is 1. The van der Waals surface area contributed by atoms with Crippen molar-refractivity contribution in [2.45, 2.75) is 32.2 Å². The second-order valence-electron chi connectivity index (χ2n) is 4.25. The Morgan fingerprint density at radius 1 is 1.44 bits per heavy atom. The first kappa shape index (κ1) is 14.8. The zero-order valence-corrected chi connectivity index (χ0v) is 11.3. The number of amidine groups is 1. The van der Waals surface area contributed by atoms with Crippen LogP contribution in [0, 0.1) is 0 Å². The highest BCUT2D eigenvalue weighted by Gasteiger charge is 2.07. The second-order valence-corrected chi connectivity index (χ2v) is 4.65. The van der Waals surface area contributed by atoms with Crippen LogP contribution in [0.15, 0.2) is 29.4 Å². The van der Waals surface area contributed by atoms with Crippen molar-refractivity contribution >= 4 is 17.4 Å². The summed E-state index contributed by atoms with van der Waals surface area (Å²) in [6.07, 6.45) is 2.50. The van der Waals surface area contributed by atoms with Gasteiger partial charge in [0.25, 0.3) is 0 Å². The Labute approximate surface area is 113 Å². The molecule has 0 bridgehead atoms. The van der Waals surface area contributed by atoms with E-state index in [1.54, 1.807) is 0 Å². The van der Waals surface area contributed by atoms with Crippen molar-refractivity contribution in [3.8, 4) is 0 Å². The molecule has 5 heteroatoms. The van der Waals surface area contributed by atoms with E-state index in [4.69, 9.17) is 22.5 Å². The predicted octanol–water partition coefficient (Wildman–Crippen LogP) is 2.91. The van der Waals surface area contributed by atoms with Gasteiger partial charge in [0.15, 0.2) is 0 Å². The van der Waals surface area contributed by atoms with Gasteiger partial charge in [-0.2, -0.15) is 0 Å². The lowest BCUT2D eigenvalue weighted by Gasteiger charge is -2.15. The molecule has 1 rings (SSSR count). The highest BCUT2D eigenvalue weighted by Crippen LogP contribution is 2.21. The smallest absolute Gasteiger partial charge is 0.139 e. The van der Waals surface area contributed by atoms with Gasteiger partial charge in [0.2, 0.25) is 0 Å². The average Bonchev–Trinajstić information content (AvgIpc) is 2.38. The summed E-state index contributed by atoms with van der Waals surface area (Å²) in [7, 11) is 0. The molecule has 0 aliphatic carbocycles. The van der Waals surface area contributed by atoms with Gasteiger partial charge >= 0.3 is 0 Å². The number of hydrogen-bond acceptors (Lipinski definition) is 3. The maximum atomic E-state index is 8.39. The minimum Gasteiger partial charge on any atom is -0.409 e. The predicted molar refractivity (Wildman–Crippen MR) is 75.1 cm³/mol. The van der Waals surface area contributed by atoms with E-state index in [1.807, 2.05) is 24.3 Å². The summed E-state index contributed by atoms with van der Waals surface area (Å²) in [5.41, 5.74) is 6.50. The van der Waals surface area contributed by atoms with E-state index >= 15 is 0 Å². The van der Waals surface area contributed by atoms with Gasteiger partial charge < -0.3 is 16.3 Å². The van der Waals surface area contributed by atoms with E-state index in [0.29, 0.717) is 6.42 Å². The van der Waals surface area contributed by atoms with E-state index in [0.717, 1.165) is 30.0 Å². The number of oxime groups is 1. The number of hydrogen-bond donors (Lipinski definition) is 3. The quantitative estimate of drug-likeness (QED) is 0.234. The SMILES string of the molecule is C[C@H](NCCCC/C(N)=N/O)c1ccccc1Cl.